The van der Waals surface area contributed by atoms with Gasteiger partial charge < -0.3 is 10.1 Å². The van der Waals surface area contributed by atoms with Crippen molar-refractivity contribution in [1.29, 1.82) is 0 Å². The number of nitrogens with zero attached hydrogens (tertiary/aromatic N) is 1. The van der Waals surface area contributed by atoms with Crippen molar-refractivity contribution in [2.24, 2.45) is 0 Å². The van der Waals surface area contributed by atoms with E-state index in [1.165, 1.54) is 18.2 Å². The lowest BCUT2D eigenvalue weighted by molar-refractivity contribution is -0.384. The quantitative estimate of drug-likeness (QED) is 0.300. The highest BCUT2D eigenvalue weighted by molar-refractivity contribution is 5.99. The zero-order valence-corrected chi connectivity index (χ0v) is 16.2. The summed E-state index contributed by atoms with van der Waals surface area (Å²) < 4.78 is 4.89. The SMILES string of the molecule is CC[C@@H](C)c1ccc(C(=O)COC(=O)CNC(=O)c2cccc([N+](=O)[O-])c2)cc1. The third kappa shape index (κ3) is 6.24. The first-order valence-corrected chi connectivity index (χ1v) is 9.13. The van der Waals surface area contributed by atoms with Gasteiger partial charge in [0, 0.05) is 23.3 Å². The third-order valence-electron chi connectivity index (χ3n) is 4.49. The van der Waals surface area contributed by atoms with Crippen molar-refractivity contribution in [3.8, 4) is 0 Å². The Morgan fingerprint density at radius 2 is 1.79 bits per heavy atom. The molecule has 152 valence electrons. The normalized spacial score (nSPS) is 11.4. The van der Waals surface area contributed by atoms with Crippen LogP contribution in [0.1, 0.15) is 52.5 Å². The average molecular weight is 398 g/mol. The maximum absolute atomic E-state index is 12.1. The van der Waals surface area contributed by atoms with Gasteiger partial charge in [-0.15, -0.1) is 0 Å². The van der Waals surface area contributed by atoms with Crippen molar-refractivity contribution in [1.82, 2.24) is 5.32 Å². The summed E-state index contributed by atoms with van der Waals surface area (Å²) in [7, 11) is 0. The van der Waals surface area contributed by atoms with Gasteiger partial charge in [-0.3, -0.25) is 24.5 Å². The molecule has 2 aromatic carbocycles. The Hall–Kier alpha value is -3.55. The van der Waals surface area contributed by atoms with Gasteiger partial charge in [0.2, 0.25) is 0 Å². The van der Waals surface area contributed by atoms with Crippen LogP contribution in [-0.2, 0) is 9.53 Å². The molecule has 0 aliphatic rings. The number of ether oxygens (including phenoxy) is 1. The standard InChI is InChI=1S/C21H22N2O6/c1-3-14(2)15-7-9-16(10-8-15)19(24)13-29-20(25)12-22-21(26)17-5-4-6-18(11-17)23(27)28/h4-11,14H,3,12-13H2,1-2H3,(H,22,26)/t14-/m1/s1. The molecule has 0 aromatic heterocycles. The molecule has 1 atom stereocenters. The van der Waals surface area contributed by atoms with Gasteiger partial charge in [-0.2, -0.15) is 0 Å². The van der Waals surface area contributed by atoms with E-state index in [1.54, 1.807) is 12.1 Å². The topological polar surface area (TPSA) is 116 Å². The molecule has 1 N–H and O–H groups in total. The molecule has 0 aliphatic carbocycles. The van der Waals surface area contributed by atoms with Crippen LogP contribution in [0.4, 0.5) is 5.69 Å². The van der Waals surface area contributed by atoms with Crippen LogP contribution in [0.2, 0.25) is 0 Å². The Labute approximate surface area is 168 Å². The molecule has 0 bridgehead atoms. The van der Waals surface area contributed by atoms with Crippen LogP contribution in [0.15, 0.2) is 48.5 Å². The fourth-order valence-corrected chi connectivity index (χ4v) is 2.53. The molecule has 0 saturated carbocycles. The summed E-state index contributed by atoms with van der Waals surface area (Å²) in [4.78, 5) is 46.0. The first kappa shape index (κ1) is 21.7. The lowest BCUT2D eigenvalue weighted by Gasteiger charge is -2.10. The van der Waals surface area contributed by atoms with Gasteiger partial charge in [0.25, 0.3) is 11.6 Å². The lowest BCUT2D eigenvalue weighted by atomic mass is 9.97. The molecule has 0 saturated heterocycles. The highest BCUT2D eigenvalue weighted by atomic mass is 16.6. The van der Waals surface area contributed by atoms with Crippen molar-refractivity contribution in [2.75, 3.05) is 13.2 Å². The highest BCUT2D eigenvalue weighted by Crippen LogP contribution is 2.19. The predicted octanol–water partition coefficient (Wildman–Crippen LogP) is 3.26. The number of Topliss-reactive ketones (excluding diaryl/α,β-unsaturated/α-hetero) is 1. The number of nitro benzene ring substituents is 1. The molecule has 0 radical (unpaired) electrons. The number of amides is 1. The number of esters is 1. The fourth-order valence-electron chi connectivity index (χ4n) is 2.53. The van der Waals surface area contributed by atoms with Crippen LogP contribution < -0.4 is 5.32 Å². The maximum Gasteiger partial charge on any atom is 0.325 e. The van der Waals surface area contributed by atoms with Crippen LogP contribution in [0.5, 0.6) is 0 Å². The molecule has 8 heteroatoms. The molecule has 0 aliphatic heterocycles. The second-order valence-corrected chi connectivity index (χ2v) is 6.51. The molecule has 1 amide bonds. The summed E-state index contributed by atoms with van der Waals surface area (Å²) in [6.45, 7) is 3.29. The van der Waals surface area contributed by atoms with E-state index < -0.39 is 30.0 Å². The number of nitro groups is 1. The number of nitrogens with one attached hydrogen (secondary N) is 1. The Morgan fingerprint density at radius 1 is 1.10 bits per heavy atom. The number of benzene rings is 2. The molecule has 2 aromatic rings. The lowest BCUT2D eigenvalue weighted by Crippen LogP contribution is -2.31. The van der Waals surface area contributed by atoms with E-state index in [4.69, 9.17) is 4.74 Å². The van der Waals surface area contributed by atoms with Gasteiger partial charge in [-0.05, 0) is 24.0 Å². The summed E-state index contributed by atoms with van der Waals surface area (Å²) in [6, 6.07) is 12.3. The van der Waals surface area contributed by atoms with Gasteiger partial charge >= 0.3 is 5.97 Å². The number of hydrogen-bond acceptors (Lipinski definition) is 6. The predicted molar refractivity (Wildman–Crippen MR) is 106 cm³/mol. The van der Waals surface area contributed by atoms with Gasteiger partial charge in [0.1, 0.15) is 6.54 Å². The smallest absolute Gasteiger partial charge is 0.325 e. The van der Waals surface area contributed by atoms with Crippen molar-refractivity contribution in [3.63, 3.8) is 0 Å². The van der Waals surface area contributed by atoms with Crippen molar-refractivity contribution >= 4 is 23.3 Å². The minimum absolute atomic E-state index is 0.0458. The van der Waals surface area contributed by atoms with E-state index in [1.807, 2.05) is 12.1 Å². The monoisotopic (exact) mass is 398 g/mol. The van der Waals surface area contributed by atoms with Gasteiger partial charge in [0.05, 0.1) is 4.92 Å². The second kappa shape index (κ2) is 10.1. The van der Waals surface area contributed by atoms with Crippen LogP contribution in [0.25, 0.3) is 0 Å². The number of ketones is 1. The van der Waals surface area contributed by atoms with Crippen molar-refractivity contribution < 1.29 is 24.0 Å². The summed E-state index contributed by atoms with van der Waals surface area (Å²) in [5, 5.41) is 13.1. The molecule has 2 rings (SSSR count). The van der Waals surface area contributed by atoms with Crippen LogP contribution >= 0.6 is 0 Å². The Bertz CT molecular complexity index is 908. The summed E-state index contributed by atoms with van der Waals surface area (Å²) >= 11 is 0. The first-order valence-electron chi connectivity index (χ1n) is 9.13. The van der Waals surface area contributed by atoms with Crippen LogP contribution in [-0.4, -0.2) is 35.7 Å². The number of carbonyl (C=O) groups is 3. The number of hydrogen-bond donors (Lipinski definition) is 1. The van der Waals surface area contributed by atoms with Crippen LogP contribution in [0, 0.1) is 10.1 Å². The maximum atomic E-state index is 12.1. The van der Waals surface area contributed by atoms with E-state index in [0.717, 1.165) is 18.1 Å². The zero-order chi connectivity index (χ0) is 21.4. The molecule has 0 unspecified atom stereocenters. The minimum atomic E-state index is -0.784. The molecule has 29 heavy (non-hydrogen) atoms. The molecule has 0 heterocycles. The number of carbonyl (C=O) groups excluding carboxylic acids is 3. The van der Waals surface area contributed by atoms with E-state index in [0.29, 0.717) is 11.5 Å². The molecular weight excluding hydrogens is 376 g/mol. The second-order valence-electron chi connectivity index (χ2n) is 6.51. The third-order valence-corrected chi connectivity index (χ3v) is 4.49. The minimum Gasteiger partial charge on any atom is -0.456 e. The van der Waals surface area contributed by atoms with Gasteiger partial charge in [-0.25, -0.2) is 0 Å². The van der Waals surface area contributed by atoms with Crippen molar-refractivity contribution in [2.45, 2.75) is 26.2 Å². The highest BCUT2D eigenvalue weighted by Gasteiger charge is 2.14. The Balaban J connectivity index is 1.82. The van der Waals surface area contributed by atoms with E-state index >= 15 is 0 Å². The zero-order valence-electron chi connectivity index (χ0n) is 16.2. The first-order chi connectivity index (χ1) is 13.8. The van der Waals surface area contributed by atoms with E-state index in [9.17, 15) is 24.5 Å². The summed E-state index contributed by atoms with van der Waals surface area (Å²) in [5.74, 6) is -1.39. The summed E-state index contributed by atoms with van der Waals surface area (Å²) in [6.07, 6.45) is 0.993. The molecule has 0 fully saturated rings. The number of rotatable bonds is 9. The Morgan fingerprint density at radius 3 is 2.41 bits per heavy atom. The molecular formula is C21H22N2O6. The number of non-ortho nitro benzene ring substituents is 1. The fraction of sp³-hybridized carbons (Fsp3) is 0.286. The van der Waals surface area contributed by atoms with Crippen molar-refractivity contribution in [3.05, 3.63) is 75.3 Å². The molecule has 8 nitrogen and oxygen atoms in total. The largest absolute Gasteiger partial charge is 0.456 e. The molecule has 0 spiro atoms. The average Bonchev–Trinajstić information content (AvgIpc) is 2.75. The van der Waals surface area contributed by atoms with E-state index in [2.05, 4.69) is 19.2 Å². The Kier molecular flexibility index (Phi) is 7.59. The summed E-state index contributed by atoms with van der Waals surface area (Å²) in [5.41, 5.74) is 1.38. The van der Waals surface area contributed by atoms with E-state index in [-0.39, 0.29) is 17.0 Å². The van der Waals surface area contributed by atoms with Gasteiger partial charge in [-0.1, -0.05) is 44.2 Å². The van der Waals surface area contributed by atoms with Gasteiger partial charge in [0.15, 0.2) is 12.4 Å². The van der Waals surface area contributed by atoms with Crippen LogP contribution in [0.3, 0.4) is 0 Å².